The van der Waals surface area contributed by atoms with E-state index in [1.54, 1.807) is 0 Å². The second-order valence-corrected chi connectivity index (χ2v) is 6.43. The van der Waals surface area contributed by atoms with E-state index in [2.05, 4.69) is 35.9 Å². The Kier molecular flexibility index (Phi) is 9.71. The highest BCUT2D eigenvalue weighted by molar-refractivity contribution is 14.0. The van der Waals surface area contributed by atoms with Crippen LogP contribution in [0, 0.1) is 5.92 Å². The summed E-state index contributed by atoms with van der Waals surface area (Å²) in [6.45, 7) is 13.3. The number of nitrogens with zero attached hydrogens (tertiary/aromatic N) is 3. The molecule has 0 radical (unpaired) electrons. The molecule has 1 aliphatic carbocycles. The zero-order valence-electron chi connectivity index (χ0n) is 14.7. The zero-order valence-corrected chi connectivity index (χ0v) is 17.0. The van der Waals surface area contributed by atoms with E-state index < -0.39 is 0 Å². The van der Waals surface area contributed by atoms with Crippen molar-refractivity contribution in [3.05, 3.63) is 0 Å². The average Bonchev–Trinajstić information content (AvgIpc) is 3.20. The van der Waals surface area contributed by atoms with Crippen molar-refractivity contribution in [3.63, 3.8) is 0 Å². The lowest BCUT2D eigenvalue weighted by molar-refractivity contribution is 0.223. The van der Waals surface area contributed by atoms with Crippen molar-refractivity contribution < 1.29 is 0 Å². The van der Waals surface area contributed by atoms with Gasteiger partial charge in [0.2, 0.25) is 0 Å². The van der Waals surface area contributed by atoms with Gasteiger partial charge in [0, 0.05) is 32.2 Å². The highest BCUT2D eigenvalue weighted by Gasteiger charge is 2.28. The highest BCUT2D eigenvalue weighted by Crippen LogP contribution is 2.33. The second-order valence-electron chi connectivity index (χ2n) is 6.43. The van der Waals surface area contributed by atoms with Gasteiger partial charge in [-0.2, -0.15) is 0 Å². The molecule has 0 aromatic rings. The van der Waals surface area contributed by atoms with E-state index in [4.69, 9.17) is 4.99 Å². The first-order valence-electron chi connectivity index (χ1n) is 9.05. The number of nitrogens with one attached hydrogen (secondary N) is 1. The van der Waals surface area contributed by atoms with E-state index in [9.17, 15) is 0 Å². The highest BCUT2D eigenvalue weighted by atomic mass is 127. The summed E-state index contributed by atoms with van der Waals surface area (Å²) in [6.07, 6.45) is 6.83. The van der Waals surface area contributed by atoms with Gasteiger partial charge in [0.25, 0.3) is 0 Å². The first-order valence-corrected chi connectivity index (χ1v) is 9.05. The van der Waals surface area contributed by atoms with E-state index >= 15 is 0 Å². The number of hydrogen-bond acceptors (Lipinski definition) is 2. The van der Waals surface area contributed by atoms with Gasteiger partial charge >= 0.3 is 0 Å². The molecule has 130 valence electrons. The molecule has 1 N–H and O–H groups in total. The fourth-order valence-electron chi connectivity index (χ4n) is 3.37. The molecule has 1 saturated carbocycles. The van der Waals surface area contributed by atoms with E-state index in [0.717, 1.165) is 51.1 Å². The summed E-state index contributed by atoms with van der Waals surface area (Å²) in [4.78, 5) is 9.90. The minimum atomic E-state index is 0. The lowest BCUT2D eigenvalue weighted by Gasteiger charge is -2.27. The standard InChI is InChI=1S/C17H34N4.HI/c1-4-18-17(19-12-7-8-15-9-10-15)21-13-11-16(14-21)20(5-2)6-3;/h15-16H,4-14H2,1-3H3,(H,18,19);1H. The van der Waals surface area contributed by atoms with Crippen LogP contribution in [0.1, 0.15) is 52.9 Å². The Morgan fingerprint density at radius 2 is 1.91 bits per heavy atom. The molecule has 0 aromatic heterocycles. The third-order valence-electron chi connectivity index (χ3n) is 4.86. The van der Waals surface area contributed by atoms with Crippen LogP contribution in [0.2, 0.25) is 0 Å². The van der Waals surface area contributed by atoms with Crippen LogP contribution in [0.5, 0.6) is 0 Å². The largest absolute Gasteiger partial charge is 0.357 e. The van der Waals surface area contributed by atoms with Crippen LogP contribution in [0.3, 0.4) is 0 Å². The third-order valence-corrected chi connectivity index (χ3v) is 4.86. The van der Waals surface area contributed by atoms with Crippen molar-refractivity contribution >= 4 is 29.9 Å². The minimum absolute atomic E-state index is 0. The van der Waals surface area contributed by atoms with E-state index in [1.807, 2.05) is 0 Å². The molecule has 1 unspecified atom stereocenters. The van der Waals surface area contributed by atoms with E-state index in [1.165, 1.54) is 32.1 Å². The molecule has 1 heterocycles. The summed E-state index contributed by atoms with van der Waals surface area (Å²) in [7, 11) is 0. The Morgan fingerprint density at radius 3 is 2.50 bits per heavy atom. The molecule has 0 spiro atoms. The molecule has 1 aliphatic heterocycles. The van der Waals surface area contributed by atoms with Gasteiger partial charge in [-0.1, -0.05) is 26.7 Å². The Hall–Kier alpha value is -0.0400. The van der Waals surface area contributed by atoms with Crippen LogP contribution in [0.4, 0.5) is 0 Å². The van der Waals surface area contributed by atoms with Gasteiger partial charge in [0.15, 0.2) is 5.96 Å². The van der Waals surface area contributed by atoms with Crippen LogP contribution < -0.4 is 5.32 Å². The first-order chi connectivity index (χ1) is 10.3. The molecule has 2 rings (SSSR count). The lowest BCUT2D eigenvalue weighted by Crippen LogP contribution is -2.43. The number of hydrogen-bond donors (Lipinski definition) is 1. The maximum absolute atomic E-state index is 4.85. The van der Waals surface area contributed by atoms with Crippen LogP contribution >= 0.6 is 24.0 Å². The molecule has 1 saturated heterocycles. The van der Waals surface area contributed by atoms with Crippen molar-refractivity contribution in [2.24, 2.45) is 10.9 Å². The lowest BCUT2D eigenvalue weighted by atomic mass is 10.2. The SMILES string of the molecule is CCNC(=NCCCC1CC1)N1CCC(N(CC)CC)C1.I. The predicted octanol–water partition coefficient (Wildman–Crippen LogP) is 3.18. The van der Waals surface area contributed by atoms with Gasteiger partial charge < -0.3 is 10.2 Å². The Morgan fingerprint density at radius 1 is 1.18 bits per heavy atom. The van der Waals surface area contributed by atoms with Gasteiger partial charge in [-0.3, -0.25) is 9.89 Å². The number of guanidine groups is 1. The molecule has 4 nitrogen and oxygen atoms in total. The van der Waals surface area contributed by atoms with E-state index in [-0.39, 0.29) is 24.0 Å². The summed E-state index contributed by atoms with van der Waals surface area (Å²) in [5.74, 6) is 2.17. The summed E-state index contributed by atoms with van der Waals surface area (Å²) < 4.78 is 0. The van der Waals surface area contributed by atoms with Crippen molar-refractivity contribution in [1.29, 1.82) is 0 Å². The molecule has 0 amide bonds. The number of halogens is 1. The fourth-order valence-corrected chi connectivity index (χ4v) is 3.37. The van der Waals surface area contributed by atoms with Gasteiger partial charge in [-0.15, -0.1) is 24.0 Å². The molecule has 5 heteroatoms. The number of likely N-dealkylation sites (N-methyl/N-ethyl adjacent to an activating group) is 1. The predicted molar refractivity (Wildman–Crippen MR) is 106 cm³/mol. The third kappa shape index (κ3) is 6.22. The van der Waals surface area contributed by atoms with Crippen LogP contribution in [-0.2, 0) is 0 Å². The van der Waals surface area contributed by atoms with Crippen molar-refractivity contribution in [2.75, 3.05) is 39.3 Å². The summed E-state index contributed by atoms with van der Waals surface area (Å²) in [5.41, 5.74) is 0. The maximum Gasteiger partial charge on any atom is 0.193 e. The monoisotopic (exact) mass is 422 g/mol. The zero-order chi connectivity index (χ0) is 15.1. The molecular weight excluding hydrogens is 387 g/mol. The quantitative estimate of drug-likeness (QED) is 0.282. The molecule has 2 aliphatic rings. The Labute approximate surface area is 154 Å². The van der Waals surface area contributed by atoms with Gasteiger partial charge in [-0.25, -0.2) is 0 Å². The Bertz CT molecular complexity index is 327. The number of aliphatic imine (C=N–C) groups is 1. The summed E-state index contributed by atoms with van der Waals surface area (Å²) in [5, 5.41) is 3.48. The first kappa shape index (κ1) is 20.0. The molecular formula is C17H35IN4. The number of rotatable bonds is 8. The topological polar surface area (TPSA) is 30.9 Å². The van der Waals surface area contributed by atoms with Gasteiger partial charge in [0.05, 0.1) is 0 Å². The number of likely N-dealkylation sites (tertiary alicyclic amines) is 1. The van der Waals surface area contributed by atoms with Crippen molar-refractivity contribution in [1.82, 2.24) is 15.1 Å². The second kappa shape index (κ2) is 10.7. The molecule has 2 fully saturated rings. The smallest absolute Gasteiger partial charge is 0.193 e. The van der Waals surface area contributed by atoms with Gasteiger partial charge in [0.1, 0.15) is 0 Å². The van der Waals surface area contributed by atoms with Crippen LogP contribution in [0.25, 0.3) is 0 Å². The molecule has 0 bridgehead atoms. The molecule has 22 heavy (non-hydrogen) atoms. The van der Waals surface area contributed by atoms with Crippen molar-refractivity contribution in [2.45, 2.75) is 58.9 Å². The average molecular weight is 422 g/mol. The normalized spacial score (nSPS) is 22.1. The van der Waals surface area contributed by atoms with Crippen molar-refractivity contribution in [3.8, 4) is 0 Å². The maximum atomic E-state index is 4.85. The molecule has 1 atom stereocenters. The summed E-state index contributed by atoms with van der Waals surface area (Å²) in [6, 6.07) is 0.704. The fraction of sp³-hybridized carbons (Fsp3) is 0.941. The Balaban J connectivity index is 0.00000242. The van der Waals surface area contributed by atoms with E-state index in [0.29, 0.717) is 6.04 Å². The molecule has 0 aromatic carbocycles. The van der Waals surface area contributed by atoms with Gasteiger partial charge in [-0.05, 0) is 45.2 Å². The van der Waals surface area contributed by atoms with Crippen LogP contribution in [-0.4, -0.2) is 61.1 Å². The minimum Gasteiger partial charge on any atom is -0.357 e. The van der Waals surface area contributed by atoms with Crippen LogP contribution in [0.15, 0.2) is 4.99 Å². The summed E-state index contributed by atoms with van der Waals surface area (Å²) >= 11 is 0.